The molecule has 0 aliphatic carbocycles. The largest absolute Gasteiger partial charge is 0.358 e. The van der Waals surface area contributed by atoms with Gasteiger partial charge in [-0.3, -0.25) is 4.79 Å². The first kappa shape index (κ1) is 18.1. The van der Waals surface area contributed by atoms with Crippen LogP contribution in [0.25, 0.3) is 0 Å². The first-order chi connectivity index (χ1) is 13.4. The molecule has 0 bridgehead atoms. The van der Waals surface area contributed by atoms with E-state index in [9.17, 15) is 13.2 Å². The third kappa shape index (κ3) is 3.46. The van der Waals surface area contributed by atoms with E-state index in [-0.39, 0.29) is 29.8 Å². The summed E-state index contributed by atoms with van der Waals surface area (Å²) in [4.78, 5) is 22.5. The number of rotatable bonds is 4. The number of hydrogen-bond donors (Lipinski definition) is 0. The van der Waals surface area contributed by atoms with E-state index in [2.05, 4.69) is 9.97 Å². The Kier molecular flexibility index (Phi) is 4.56. The van der Waals surface area contributed by atoms with E-state index in [0.717, 1.165) is 5.56 Å². The van der Waals surface area contributed by atoms with Crippen molar-refractivity contribution in [3.05, 3.63) is 83.3 Å². The molecule has 0 saturated heterocycles. The van der Waals surface area contributed by atoms with Crippen molar-refractivity contribution in [2.75, 3.05) is 0 Å². The quantitative estimate of drug-likeness (QED) is 0.631. The number of aryl methyl sites for hydroxylation is 1. The predicted octanol–water partition coefficient (Wildman–Crippen LogP) is 2.71. The van der Waals surface area contributed by atoms with Gasteiger partial charge in [0.2, 0.25) is 5.88 Å². The number of carbonyl (C=O) groups is 1. The van der Waals surface area contributed by atoms with E-state index in [0.29, 0.717) is 16.8 Å². The lowest BCUT2D eigenvalue weighted by Crippen LogP contribution is -2.25. The van der Waals surface area contributed by atoms with Crippen molar-refractivity contribution in [3.8, 4) is 5.88 Å². The third-order valence-electron chi connectivity index (χ3n) is 4.49. The van der Waals surface area contributed by atoms with Crippen LogP contribution in [0.1, 0.15) is 27.2 Å². The number of benzene rings is 2. The maximum absolute atomic E-state index is 12.7. The van der Waals surface area contributed by atoms with Gasteiger partial charge in [0.05, 0.1) is 24.3 Å². The Morgan fingerprint density at radius 2 is 1.71 bits per heavy atom. The van der Waals surface area contributed by atoms with Crippen LogP contribution >= 0.6 is 0 Å². The van der Waals surface area contributed by atoms with Gasteiger partial charge in [-0.15, -0.1) is 0 Å². The normalized spacial score (nSPS) is 13.2. The Labute approximate surface area is 162 Å². The lowest BCUT2D eigenvalue weighted by Gasteiger charge is -2.15. The fourth-order valence-electron chi connectivity index (χ4n) is 2.99. The number of fused-ring (bicyclic) bond motifs is 1. The highest BCUT2D eigenvalue weighted by molar-refractivity contribution is 7.87. The summed E-state index contributed by atoms with van der Waals surface area (Å²) in [5.41, 5.74) is 2.57. The van der Waals surface area contributed by atoms with Gasteiger partial charge < -0.3 is 9.08 Å². The van der Waals surface area contributed by atoms with Crippen LogP contribution in [0.3, 0.4) is 0 Å². The molecule has 1 amide bonds. The summed E-state index contributed by atoms with van der Waals surface area (Å²) in [6.45, 7) is 2.32. The van der Waals surface area contributed by atoms with Crippen molar-refractivity contribution in [2.24, 2.45) is 0 Å². The number of hydrogen-bond acceptors (Lipinski definition) is 6. The van der Waals surface area contributed by atoms with Gasteiger partial charge in [-0.1, -0.05) is 35.9 Å². The molecule has 1 aromatic heterocycles. The first-order valence-electron chi connectivity index (χ1n) is 8.62. The van der Waals surface area contributed by atoms with Crippen LogP contribution in [0.4, 0.5) is 0 Å². The van der Waals surface area contributed by atoms with Gasteiger partial charge in [-0.05, 0) is 31.2 Å². The molecule has 0 unspecified atom stereocenters. The molecular weight excluding hydrogens is 378 g/mol. The molecule has 7 nitrogen and oxygen atoms in total. The fourth-order valence-corrected chi connectivity index (χ4v) is 3.91. The van der Waals surface area contributed by atoms with Crippen molar-refractivity contribution in [3.63, 3.8) is 0 Å². The molecular formula is C20H17N3O4S. The molecule has 142 valence electrons. The summed E-state index contributed by atoms with van der Waals surface area (Å²) in [6, 6.07) is 15.2. The topological polar surface area (TPSA) is 89.5 Å². The molecule has 1 aliphatic heterocycles. The van der Waals surface area contributed by atoms with Gasteiger partial charge >= 0.3 is 10.1 Å². The van der Waals surface area contributed by atoms with Crippen molar-refractivity contribution >= 4 is 16.0 Å². The number of carbonyl (C=O) groups excluding carboxylic acids is 1. The van der Waals surface area contributed by atoms with E-state index < -0.39 is 10.1 Å². The summed E-state index contributed by atoms with van der Waals surface area (Å²) < 4.78 is 30.5. The Morgan fingerprint density at radius 3 is 2.43 bits per heavy atom. The summed E-state index contributed by atoms with van der Waals surface area (Å²) in [5.74, 6) is -0.208. The van der Waals surface area contributed by atoms with Crippen LogP contribution in [-0.2, 0) is 23.2 Å². The van der Waals surface area contributed by atoms with Gasteiger partial charge in [0.25, 0.3) is 5.91 Å². The third-order valence-corrected chi connectivity index (χ3v) is 5.72. The summed E-state index contributed by atoms with van der Waals surface area (Å²) in [6.07, 6.45) is 1.25. The Hall–Kier alpha value is -3.26. The van der Waals surface area contributed by atoms with Crippen molar-refractivity contribution in [2.45, 2.75) is 24.9 Å². The summed E-state index contributed by atoms with van der Waals surface area (Å²) >= 11 is 0. The van der Waals surface area contributed by atoms with Crippen molar-refractivity contribution in [1.82, 2.24) is 14.9 Å². The standard InChI is InChI=1S/C20H17N3O4S/c1-14-7-9-16(10-8-14)28(25,26)27-19-17-11-23(12-18(17)21-13-22-19)20(24)15-5-3-2-4-6-15/h2-10,13H,11-12H2,1H3. The summed E-state index contributed by atoms with van der Waals surface area (Å²) in [5, 5.41) is 0. The maximum Gasteiger partial charge on any atom is 0.340 e. The van der Waals surface area contributed by atoms with Crippen LogP contribution in [-0.4, -0.2) is 29.2 Å². The van der Waals surface area contributed by atoms with E-state index in [1.54, 1.807) is 41.3 Å². The number of nitrogens with zero attached hydrogens (tertiary/aromatic N) is 3. The first-order valence-corrected chi connectivity index (χ1v) is 10.0. The SMILES string of the molecule is Cc1ccc(S(=O)(=O)Oc2ncnc3c2CN(C(=O)c2ccccc2)C3)cc1. The number of amides is 1. The zero-order valence-corrected chi connectivity index (χ0v) is 15.9. The highest BCUT2D eigenvalue weighted by atomic mass is 32.2. The molecule has 3 aromatic rings. The average Bonchev–Trinajstić information content (AvgIpc) is 3.14. The van der Waals surface area contributed by atoms with Crippen molar-refractivity contribution < 1.29 is 17.4 Å². The number of aromatic nitrogens is 2. The molecule has 0 fully saturated rings. The molecule has 0 spiro atoms. The Morgan fingerprint density at radius 1 is 1.00 bits per heavy atom. The predicted molar refractivity (Wildman–Crippen MR) is 101 cm³/mol. The molecule has 0 radical (unpaired) electrons. The minimum Gasteiger partial charge on any atom is -0.358 e. The van der Waals surface area contributed by atoms with E-state index in [4.69, 9.17) is 4.18 Å². The molecule has 2 heterocycles. The molecule has 2 aromatic carbocycles. The Balaban J connectivity index is 1.59. The van der Waals surface area contributed by atoms with E-state index >= 15 is 0 Å². The Bertz CT molecular complexity index is 1130. The molecule has 8 heteroatoms. The molecule has 0 atom stereocenters. The maximum atomic E-state index is 12.7. The monoisotopic (exact) mass is 395 g/mol. The second-order valence-corrected chi connectivity index (χ2v) is 8.03. The highest BCUT2D eigenvalue weighted by Crippen LogP contribution is 2.30. The summed E-state index contributed by atoms with van der Waals surface area (Å²) in [7, 11) is -4.04. The smallest absolute Gasteiger partial charge is 0.340 e. The van der Waals surface area contributed by atoms with Crippen LogP contribution < -0.4 is 4.18 Å². The minimum atomic E-state index is -4.04. The van der Waals surface area contributed by atoms with Gasteiger partial charge in [0.15, 0.2) is 0 Å². The van der Waals surface area contributed by atoms with E-state index in [1.807, 2.05) is 13.0 Å². The molecule has 4 rings (SSSR count). The molecule has 0 N–H and O–H groups in total. The van der Waals surface area contributed by atoms with Crippen LogP contribution in [0.5, 0.6) is 5.88 Å². The molecule has 28 heavy (non-hydrogen) atoms. The van der Waals surface area contributed by atoms with Crippen molar-refractivity contribution in [1.29, 1.82) is 0 Å². The van der Waals surface area contributed by atoms with Gasteiger partial charge in [-0.2, -0.15) is 8.42 Å². The average molecular weight is 395 g/mol. The molecule has 1 aliphatic rings. The van der Waals surface area contributed by atoms with Crippen LogP contribution in [0.15, 0.2) is 65.8 Å². The second-order valence-electron chi connectivity index (χ2n) is 6.48. The van der Waals surface area contributed by atoms with Gasteiger partial charge in [0.1, 0.15) is 11.2 Å². The minimum absolute atomic E-state index is 0.0423. The highest BCUT2D eigenvalue weighted by Gasteiger charge is 2.30. The zero-order chi connectivity index (χ0) is 19.7. The lowest BCUT2D eigenvalue weighted by molar-refractivity contribution is 0.0750. The zero-order valence-electron chi connectivity index (χ0n) is 15.1. The molecule has 0 saturated carbocycles. The van der Waals surface area contributed by atoms with Crippen LogP contribution in [0, 0.1) is 6.92 Å². The lowest BCUT2D eigenvalue weighted by atomic mass is 10.2. The van der Waals surface area contributed by atoms with Gasteiger partial charge in [0, 0.05) is 5.56 Å². The second kappa shape index (κ2) is 7.05. The van der Waals surface area contributed by atoms with Crippen LogP contribution in [0.2, 0.25) is 0 Å². The fraction of sp³-hybridized carbons (Fsp3) is 0.150. The van der Waals surface area contributed by atoms with E-state index in [1.165, 1.54) is 18.5 Å². The van der Waals surface area contributed by atoms with Gasteiger partial charge in [-0.25, -0.2) is 9.97 Å².